The lowest BCUT2D eigenvalue weighted by Crippen LogP contribution is -1.80. The molecule has 0 aliphatic carbocycles. The Morgan fingerprint density at radius 2 is 2.00 bits per heavy atom. The number of aliphatic imine (C=N–C) groups is 1. The highest BCUT2D eigenvalue weighted by atomic mass is 32.2. The summed E-state index contributed by atoms with van der Waals surface area (Å²) in [7, 11) is 0. The summed E-state index contributed by atoms with van der Waals surface area (Å²) in [6.45, 7) is 8.11. The van der Waals surface area contributed by atoms with Crippen molar-refractivity contribution in [1.29, 1.82) is 0 Å². The average molecular weight is 303 g/mol. The summed E-state index contributed by atoms with van der Waals surface area (Å²) in [5.74, 6) is 0. The van der Waals surface area contributed by atoms with Gasteiger partial charge < -0.3 is 0 Å². The quantitative estimate of drug-likeness (QED) is 0.374. The van der Waals surface area contributed by atoms with Crippen LogP contribution in [0, 0.1) is 6.92 Å². The predicted molar refractivity (Wildman–Crippen MR) is 96.7 cm³/mol. The summed E-state index contributed by atoms with van der Waals surface area (Å²) >= 11 is 3.46. The largest absolute Gasteiger partial charge is 0.256 e. The van der Waals surface area contributed by atoms with Crippen molar-refractivity contribution in [1.82, 2.24) is 0 Å². The first-order chi connectivity index (χ1) is 9.60. The van der Waals surface area contributed by atoms with Crippen molar-refractivity contribution in [3.05, 3.63) is 59.0 Å². The van der Waals surface area contributed by atoms with E-state index in [-0.39, 0.29) is 0 Å². The van der Waals surface area contributed by atoms with Crippen molar-refractivity contribution in [3.63, 3.8) is 0 Å². The molecule has 106 valence electrons. The molecule has 20 heavy (non-hydrogen) atoms. The monoisotopic (exact) mass is 303 g/mol. The zero-order valence-corrected chi connectivity index (χ0v) is 14.1. The van der Waals surface area contributed by atoms with E-state index in [4.69, 9.17) is 0 Å². The Hall–Kier alpha value is -1.19. The van der Waals surface area contributed by atoms with Gasteiger partial charge in [-0.3, -0.25) is 4.99 Å². The molecule has 0 spiro atoms. The van der Waals surface area contributed by atoms with Crippen LogP contribution in [-0.4, -0.2) is 18.7 Å². The molecule has 1 nitrogen and oxygen atoms in total. The van der Waals surface area contributed by atoms with Gasteiger partial charge in [-0.25, -0.2) is 0 Å². The number of aryl methyl sites for hydroxylation is 1. The molecule has 0 heterocycles. The van der Waals surface area contributed by atoms with E-state index < -0.39 is 0 Å². The molecular formula is C17H21NS2. The molecule has 0 aromatic heterocycles. The van der Waals surface area contributed by atoms with Gasteiger partial charge in [0.1, 0.15) is 0 Å². The number of allylic oxidation sites excluding steroid dienone is 4. The summed E-state index contributed by atoms with van der Waals surface area (Å²) in [5, 5.41) is 0. The third kappa shape index (κ3) is 5.43. The van der Waals surface area contributed by atoms with Gasteiger partial charge in [-0.05, 0) is 61.8 Å². The van der Waals surface area contributed by atoms with Gasteiger partial charge in [-0.1, -0.05) is 18.7 Å². The Labute approximate surface area is 131 Å². The van der Waals surface area contributed by atoms with E-state index >= 15 is 0 Å². The van der Waals surface area contributed by atoms with Gasteiger partial charge in [0, 0.05) is 16.0 Å². The molecule has 1 aromatic carbocycles. The fourth-order valence-electron chi connectivity index (χ4n) is 1.57. The van der Waals surface area contributed by atoms with Crippen LogP contribution in [0.15, 0.2) is 63.4 Å². The Bertz CT molecular complexity index is 554. The van der Waals surface area contributed by atoms with Gasteiger partial charge >= 0.3 is 0 Å². The molecule has 0 radical (unpaired) electrons. The van der Waals surface area contributed by atoms with Crippen LogP contribution in [0.5, 0.6) is 0 Å². The first kappa shape index (κ1) is 16.9. The maximum atomic E-state index is 4.50. The second kappa shape index (κ2) is 8.88. The third-order valence-electron chi connectivity index (χ3n) is 2.76. The Morgan fingerprint density at radius 3 is 2.55 bits per heavy atom. The predicted octanol–water partition coefficient (Wildman–Crippen LogP) is 5.80. The maximum Gasteiger partial charge on any atom is 0.0659 e. The summed E-state index contributed by atoms with van der Waals surface area (Å²) in [6, 6.07) is 6.30. The normalized spacial score (nSPS) is 12.5. The Kier molecular flexibility index (Phi) is 7.48. The van der Waals surface area contributed by atoms with E-state index in [0.29, 0.717) is 0 Å². The summed E-state index contributed by atoms with van der Waals surface area (Å²) in [5.41, 5.74) is 3.07. The van der Waals surface area contributed by atoms with E-state index in [1.54, 1.807) is 23.5 Å². The fraction of sp³-hybridized carbons (Fsp3) is 0.235. The number of thioether (sulfide) groups is 2. The molecule has 1 rings (SSSR count). The number of rotatable bonds is 6. The minimum absolute atomic E-state index is 0.895. The van der Waals surface area contributed by atoms with E-state index in [1.807, 2.05) is 25.3 Å². The molecule has 3 heteroatoms. The SMILES string of the molecule is C=C(/C=C\C(=C/C)SC)/C=N\c1ccc(SC)cc1C. The van der Waals surface area contributed by atoms with Crippen molar-refractivity contribution >= 4 is 35.4 Å². The maximum absolute atomic E-state index is 4.50. The van der Waals surface area contributed by atoms with Crippen molar-refractivity contribution in [3.8, 4) is 0 Å². The number of nitrogens with zero attached hydrogens (tertiary/aromatic N) is 1. The number of hydrogen-bond donors (Lipinski definition) is 0. The van der Waals surface area contributed by atoms with E-state index in [2.05, 4.69) is 55.3 Å². The average Bonchev–Trinajstić information content (AvgIpc) is 2.46. The molecule has 0 bridgehead atoms. The molecule has 0 atom stereocenters. The van der Waals surface area contributed by atoms with Crippen molar-refractivity contribution in [2.75, 3.05) is 12.5 Å². The molecule has 1 aromatic rings. The number of benzene rings is 1. The van der Waals surface area contributed by atoms with Crippen LogP contribution < -0.4 is 0 Å². The van der Waals surface area contributed by atoms with Crippen molar-refractivity contribution in [2.45, 2.75) is 18.7 Å². The summed E-state index contributed by atoms with van der Waals surface area (Å²) in [4.78, 5) is 6.98. The van der Waals surface area contributed by atoms with Crippen LogP contribution in [0.4, 0.5) is 5.69 Å². The second-order valence-corrected chi connectivity index (χ2v) is 5.97. The summed E-state index contributed by atoms with van der Waals surface area (Å²) < 4.78 is 0. The molecule has 0 aliphatic heterocycles. The van der Waals surface area contributed by atoms with Gasteiger partial charge in [-0.2, -0.15) is 0 Å². The fourth-order valence-corrected chi connectivity index (χ4v) is 2.51. The highest BCUT2D eigenvalue weighted by Gasteiger charge is 1.97. The van der Waals surface area contributed by atoms with Crippen molar-refractivity contribution in [2.24, 2.45) is 4.99 Å². The van der Waals surface area contributed by atoms with Gasteiger partial charge in [-0.15, -0.1) is 23.5 Å². The van der Waals surface area contributed by atoms with Gasteiger partial charge in [0.15, 0.2) is 0 Å². The van der Waals surface area contributed by atoms with E-state index in [1.165, 1.54) is 15.4 Å². The van der Waals surface area contributed by atoms with E-state index in [0.717, 1.165) is 11.3 Å². The third-order valence-corrected chi connectivity index (χ3v) is 4.32. The lowest BCUT2D eigenvalue weighted by atomic mass is 10.2. The summed E-state index contributed by atoms with van der Waals surface area (Å²) in [6.07, 6.45) is 12.1. The van der Waals surface area contributed by atoms with Crippen LogP contribution >= 0.6 is 23.5 Å². The zero-order chi connectivity index (χ0) is 15.0. The smallest absolute Gasteiger partial charge is 0.0659 e. The van der Waals surface area contributed by atoms with Gasteiger partial charge in [0.2, 0.25) is 0 Å². The molecule has 0 aliphatic rings. The van der Waals surface area contributed by atoms with Crippen LogP contribution in [-0.2, 0) is 0 Å². The molecule has 0 fully saturated rings. The Morgan fingerprint density at radius 1 is 1.25 bits per heavy atom. The number of hydrogen-bond acceptors (Lipinski definition) is 3. The van der Waals surface area contributed by atoms with Crippen LogP contribution in [0.2, 0.25) is 0 Å². The highest BCUT2D eigenvalue weighted by molar-refractivity contribution is 8.02. The van der Waals surface area contributed by atoms with Crippen LogP contribution in [0.25, 0.3) is 0 Å². The highest BCUT2D eigenvalue weighted by Crippen LogP contribution is 2.24. The lowest BCUT2D eigenvalue weighted by Gasteiger charge is -2.02. The van der Waals surface area contributed by atoms with Gasteiger partial charge in [0.25, 0.3) is 0 Å². The van der Waals surface area contributed by atoms with E-state index in [9.17, 15) is 0 Å². The minimum atomic E-state index is 0.895. The molecule has 0 saturated carbocycles. The van der Waals surface area contributed by atoms with Crippen LogP contribution in [0.1, 0.15) is 12.5 Å². The zero-order valence-electron chi connectivity index (χ0n) is 12.5. The molecule has 0 amide bonds. The van der Waals surface area contributed by atoms with Crippen molar-refractivity contribution < 1.29 is 0 Å². The van der Waals surface area contributed by atoms with Gasteiger partial charge in [0.05, 0.1) is 5.69 Å². The molecule has 0 N–H and O–H groups in total. The minimum Gasteiger partial charge on any atom is -0.256 e. The topological polar surface area (TPSA) is 12.4 Å². The molecule has 0 unspecified atom stereocenters. The lowest BCUT2D eigenvalue weighted by molar-refractivity contribution is 1.33. The standard InChI is InChI=1S/C17H21NS2/c1-6-15(19-4)8-7-13(2)12-18-17-10-9-16(20-5)11-14(17)3/h6-12H,2H2,1,3-5H3/b8-7-,15-6+,18-12-. The first-order valence-corrected chi connectivity index (χ1v) is 8.81. The first-order valence-electron chi connectivity index (χ1n) is 6.36. The Balaban J connectivity index is 2.75. The molecular weight excluding hydrogens is 282 g/mol. The van der Waals surface area contributed by atoms with Crippen LogP contribution in [0.3, 0.4) is 0 Å². The molecule has 0 saturated heterocycles. The second-order valence-electron chi connectivity index (χ2n) is 4.21.